The van der Waals surface area contributed by atoms with E-state index in [0.717, 1.165) is 19.4 Å². The van der Waals surface area contributed by atoms with Crippen molar-refractivity contribution in [2.45, 2.75) is 25.8 Å². The molecule has 5 heteroatoms. The Kier molecular flexibility index (Phi) is 4.15. The van der Waals surface area contributed by atoms with Crippen molar-refractivity contribution in [2.75, 3.05) is 18.5 Å². The number of rotatable bonds is 4. The summed E-state index contributed by atoms with van der Waals surface area (Å²) in [5.74, 6) is -0.112. The largest absolute Gasteiger partial charge is 0.492 e. The lowest BCUT2D eigenvalue weighted by Gasteiger charge is -2.14. The standard InChI is InChI=1S/C13H17FN2O2/c1-2-18-12-8-9(14)5-6-10(12)16-13(17)11-4-3-7-15-11/h5-6,8,11,15H,2-4,7H2,1H3,(H,16,17)/t11-/m1/s1. The van der Waals surface area contributed by atoms with E-state index in [1.165, 1.54) is 18.2 Å². The number of carbonyl (C=O) groups excluding carboxylic acids is 1. The molecule has 0 radical (unpaired) electrons. The lowest BCUT2D eigenvalue weighted by Crippen LogP contribution is -2.35. The average Bonchev–Trinajstić information content (AvgIpc) is 2.86. The lowest BCUT2D eigenvalue weighted by molar-refractivity contribution is -0.117. The molecule has 0 saturated carbocycles. The fraction of sp³-hybridized carbons (Fsp3) is 0.462. The van der Waals surface area contributed by atoms with E-state index >= 15 is 0 Å². The van der Waals surface area contributed by atoms with Gasteiger partial charge in [0, 0.05) is 6.07 Å². The molecule has 1 aliphatic rings. The Morgan fingerprint density at radius 3 is 3.11 bits per heavy atom. The first kappa shape index (κ1) is 12.8. The van der Waals surface area contributed by atoms with Crippen molar-refractivity contribution >= 4 is 11.6 Å². The second-order valence-electron chi connectivity index (χ2n) is 4.21. The highest BCUT2D eigenvalue weighted by Crippen LogP contribution is 2.26. The molecule has 1 heterocycles. The molecule has 0 aliphatic carbocycles. The van der Waals surface area contributed by atoms with E-state index in [4.69, 9.17) is 4.74 Å². The minimum atomic E-state index is -0.379. The molecule has 1 aromatic carbocycles. The third-order valence-corrected chi connectivity index (χ3v) is 2.88. The molecule has 0 unspecified atom stereocenters. The predicted octanol–water partition coefficient (Wildman–Crippen LogP) is 1.91. The molecule has 1 atom stereocenters. The monoisotopic (exact) mass is 252 g/mol. The van der Waals surface area contributed by atoms with Crippen LogP contribution in [-0.2, 0) is 4.79 Å². The van der Waals surface area contributed by atoms with Gasteiger partial charge in [-0.1, -0.05) is 0 Å². The van der Waals surface area contributed by atoms with Gasteiger partial charge in [0.1, 0.15) is 11.6 Å². The zero-order valence-corrected chi connectivity index (χ0v) is 10.3. The highest BCUT2D eigenvalue weighted by molar-refractivity contribution is 5.96. The summed E-state index contributed by atoms with van der Waals surface area (Å²) in [5, 5.41) is 5.88. The molecule has 0 bridgehead atoms. The zero-order chi connectivity index (χ0) is 13.0. The van der Waals surface area contributed by atoms with Gasteiger partial charge >= 0.3 is 0 Å². The Morgan fingerprint density at radius 2 is 2.44 bits per heavy atom. The second kappa shape index (κ2) is 5.82. The zero-order valence-electron chi connectivity index (χ0n) is 10.3. The molecule has 98 valence electrons. The van der Waals surface area contributed by atoms with E-state index in [1.54, 1.807) is 0 Å². The average molecular weight is 252 g/mol. The maximum absolute atomic E-state index is 13.1. The maximum Gasteiger partial charge on any atom is 0.241 e. The molecule has 1 saturated heterocycles. The fourth-order valence-electron chi connectivity index (χ4n) is 2.00. The van der Waals surface area contributed by atoms with E-state index in [0.29, 0.717) is 18.0 Å². The molecule has 1 amide bonds. The van der Waals surface area contributed by atoms with Crippen LogP contribution in [0.15, 0.2) is 18.2 Å². The van der Waals surface area contributed by atoms with Gasteiger partial charge < -0.3 is 15.4 Å². The van der Waals surface area contributed by atoms with Gasteiger partial charge in [0.2, 0.25) is 5.91 Å². The van der Waals surface area contributed by atoms with Crippen molar-refractivity contribution in [3.8, 4) is 5.75 Å². The normalized spacial score (nSPS) is 18.7. The van der Waals surface area contributed by atoms with Gasteiger partial charge in [-0.2, -0.15) is 0 Å². The van der Waals surface area contributed by atoms with Crippen molar-refractivity contribution in [1.82, 2.24) is 5.32 Å². The van der Waals surface area contributed by atoms with E-state index < -0.39 is 0 Å². The van der Waals surface area contributed by atoms with Crippen LogP contribution in [0.1, 0.15) is 19.8 Å². The number of nitrogens with one attached hydrogen (secondary N) is 2. The Hall–Kier alpha value is -1.62. The van der Waals surface area contributed by atoms with Crippen LogP contribution < -0.4 is 15.4 Å². The number of ether oxygens (including phenoxy) is 1. The van der Waals surface area contributed by atoms with E-state index in [9.17, 15) is 9.18 Å². The third-order valence-electron chi connectivity index (χ3n) is 2.88. The van der Waals surface area contributed by atoms with Crippen molar-refractivity contribution in [3.05, 3.63) is 24.0 Å². The number of amides is 1. The lowest BCUT2D eigenvalue weighted by atomic mass is 10.2. The van der Waals surface area contributed by atoms with Gasteiger partial charge in [-0.3, -0.25) is 4.79 Å². The molecule has 2 N–H and O–H groups in total. The first-order chi connectivity index (χ1) is 8.70. The molecule has 1 aliphatic heterocycles. The maximum atomic E-state index is 13.1. The summed E-state index contributed by atoms with van der Waals surface area (Å²) >= 11 is 0. The summed E-state index contributed by atoms with van der Waals surface area (Å²) in [4.78, 5) is 11.9. The number of hydrogen-bond acceptors (Lipinski definition) is 3. The Labute approximate surface area is 106 Å². The number of halogens is 1. The summed E-state index contributed by atoms with van der Waals surface area (Å²) in [5.41, 5.74) is 0.511. The van der Waals surface area contributed by atoms with Gasteiger partial charge in [-0.05, 0) is 38.4 Å². The second-order valence-corrected chi connectivity index (χ2v) is 4.21. The van der Waals surface area contributed by atoms with Crippen LogP contribution in [-0.4, -0.2) is 25.1 Å². The van der Waals surface area contributed by atoms with E-state index in [-0.39, 0.29) is 17.8 Å². The molecular weight excluding hydrogens is 235 g/mol. The van der Waals surface area contributed by atoms with E-state index in [1.807, 2.05) is 6.92 Å². The van der Waals surface area contributed by atoms with Crippen LogP contribution in [0.4, 0.5) is 10.1 Å². The van der Waals surface area contributed by atoms with Gasteiger partial charge in [0.05, 0.1) is 18.3 Å². The van der Waals surface area contributed by atoms with E-state index in [2.05, 4.69) is 10.6 Å². The van der Waals surface area contributed by atoms with Crippen LogP contribution >= 0.6 is 0 Å². The van der Waals surface area contributed by atoms with Crippen LogP contribution in [0.25, 0.3) is 0 Å². The van der Waals surface area contributed by atoms with Crippen molar-refractivity contribution in [2.24, 2.45) is 0 Å². The summed E-state index contributed by atoms with van der Waals surface area (Å²) < 4.78 is 18.4. The van der Waals surface area contributed by atoms with Crippen LogP contribution in [0.5, 0.6) is 5.75 Å². The van der Waals surface area contributed by atoms with Crippen molar-refractivity contribution < 1.29 is 13.9 Å². The molecule has 4 nitrogen and oxygen atoms in total. The number of hydrogen-bond donors (Lipinski definition) is 2. The number of benzene rings is 1. The van der Waals surface area contributed by atoms with Crippen molar-refractivity contribution in [3.63, 3.8) is 0 Å². The summed E-state index contributed by atoms with van der Waals surface area (Å²) in [7, 11) is 0. The number of carbonyl (C=O) groups is 1. The highest BCUT2D eigenvalue weighted by Gasteiger charge is 2.22. The van der Waals surface area contributed by atoms with Gasteiger partial charge in [0.15, 0.2) is 0 Å². The molecule has 18 heavy (non-hydrogen) atoms. The molecule has 0 spiro atoms. The minimum Gasteiger partial charge on any atom is -0.492 e. The first-order valence-electron chi connectivity index (χ1n) is 6.17. The molecule has 0 aromatic heterocycles. The van der Waals surface area contributed by atoms with Crippen LogP contribution in [0.3, 0.4) is 0 Å². The highest BCUT2D eigenvalue weighted by atomic mass is 19.1. The molecule has 1 aromatic rings. The minimum absolute atomic E-state index is 0.0972. The van der Waals surface area contributed by atoms with Gasteiger partial charge in [-0.25, -0.2) is 4.39 Å². The summed E-state index contributed by atoms with van der Waals surface area (Å²) in [6.45, 7) is 3.10. The summed E-state index contributed by atoms with van der Waals surface area (Å²) in [6.07, 6.45) is 1.83. The predicted molar refractivity (Wildman–Crippen MR) is 67.2 cm³/mol. The Bertz CT molecular complexity index is 431. The number of anilines is 1. The fourth-order valence-corrected chi connectivity index (χ4v) is 2.00. The molecule has 1 fully saturated rings. The third kappa shape index (κ3) is 2.98. The Morgan fingerprint density at radius 1 is 1.61 bits per heavy atom. The topological polar surface area (TPSA) is 50.4 Å². The summed E-state index contributed by atoms with van der Waals surface area (Å²) in [6, 6.07) is 3.94. The van der Waals surface area contributed by atoms with Gasteiger partial charge in [0.25, 0.3) is 0 Å². The first-order valence-corrected chi connectivity index (χ1v) is 6.17. The van der Waals surface area contributed by atoms with Crippen molar-refractivity contribution in [1.29, 1.82) is 0 Å². The van der Waals surface area contributed by atoms with Gasteiger partial charge in [-0.15, -0.1) is 0 Å². The molecule has 2 rings (SSSR count). The quantitative estimate of drug-likeness (QED) is 0.860. The Balaban J connectivity index is 2.09. The molecular formula is C13H17FN2O2. The van der Waals surface area contributed by atoms with Crippen LogP contribution in [0, 0.1) is 5.82 Å². The smallest absolute Gasteiger partial charge is 0.241 e. The van der Waals surface area contributed by atoms with Crippen LogP contribution in [0.2, 0.25) is 0 Å². The SMILES string of the molecule is CCOc1cc(F)ccc1NC(=O)[C@H]1CCCN1.